The summed E-state index contributed by atoms with van der Waals surface area (Å²) in [6.07, 6.45) is 4.45. The second-order valence-corrected chi connectivity index (χ2v) is 7.07. The van der Waals surface area contributed by atoms with Gasteiger partial charge >= 0.3 is 0 Å². The van der Waals surface area contributed by atoms with Crippen molar-refractivity contribution in [2.75, 3.05) is 7.11 Å². The van der Waals surface area contributed by atoms with E-state index in [9.17, 15) is 4.79 Å². The molecule has 0 saturated carbocycles. The van der Waals surface area contributed by atoms with Crippen molar-refractivity contribution < 1.29 is 4.74 Å². The van der Waals surface area contributed by atoms with Gasteiger partial charge in [-0.15, -0.1) is 11.3 Å². The summed E-state index contributed by atoms with van der Waals surface area (Å²) < 4.78 is 5.24. The first-order chi connectivity index (χ1) is 11.2. The van der Waals surface area contributed by atoms with Gasteiger partial charge in [0.15, 0.2) is 0 Å². The van der Waals surface area contributed by atoms with Crippen LogP contribution in [-0.4, -0.2) is 17.1 Å². The Morgan fingerprint density at radius 3 is 2.87 bits per heavy atom. The highest BCUT2D eigenvalue weighted by Crippen LogP contribution is 2.34. The van der Waals surface area contributed by atoms with Gasteiger partial charge in [0.1, 0.15) is 16.4 Å². The lowest BCUT2D eigenvalue weighted by molar-refractivity contribution is 0.414. The van der Waals surface area contributed by atoms with Gasteiger partial charge in [0, 0.05) is 10.4 Å². The van der Waals surface area contributed by atoms with E-state index in [0.717, 1.165) is 46.4 Å². The third kappa shape index (κ3) is 2.36. The molecule has 2 aromatic heterocycles. The Balaban J connectivity index is 1.91. The van der Waals surface area contributed by atoms with Gasteiger partial charge in [-0.2, -0.15) is 0 Å². The zero-order valence-electron chi connectivity index (χ0n) is 13.2. The second-order valence-electron chi connectivity index (χ2n) is 5.99. The Hall–Kier alpha value is -2.14. The Bertz CT molecular complexity index is 956. The van der Waals surface area contributed by atoms with Crippen LogP contribution >= 0.6 is 11.3 Å². The highest BCUT2D eigenvalue weighted by atomic mass is 32.1. The molecule has 0 amide bonds. The molecule has 1 aliphatic rings. The summed E-state index contributed by atoms with van der Waals surface area (Å²) in [5.41, 5.74) is 3.19. The smallest absolute Gasteiger partial charge is 0.260 e. The zero-order chi connectivity index (χ0) is 16.0. The van der Waals surface area contributed by atoms with Crippen LogP contribution in [0.2, 0.25) is 0 Å². The summed E-state index contributed by atoms with van der Waals surface area (Å²) in [5, 5.41) is 0.805. The van der Waals surface area contributed by atoms with Gasteiger partial charge in [0.25, 0.3) is 5.56 Å². The van der Waals surface area contributed by atoms with E-state index in [2.05, 4.69) is 4.98 Å². The molecule has 0 unspecified atom stereocenters. The number of ether oxygens (including phenoxy) is 1. The van der Waals surface area contributed by atoms with E-state index in [1.165, 1.54) is 16.9 Å². The molecule has 23 heavy (non-hydrogen) atoms. The number of benzene rings is 1. The average molecular weight is 326 g/mol. The van der Waals surface area contributed by atoms with Crippen molar-refractivity contribution in [3.8, 4) is 17.1 Å². The van der Waals surface area contributed by atoms with Gasteiger partial charge in [0.05, 0.1) is 12.5 Å². The van der Waals surface area contributed by atoms with Gasteiger partial charge in [-0.1, -0.05) is 0 Å². The minimum Gasteiger partial charge on any atom is -0.497 e. The van der Waals surface area contributed by atoms with Crippen LogP contribution in [0.15, 0.2) is 23.0 Å². The minimum atomic E-state index is -0.0142. The number of nitrogens with one attached hydrogen (secondary N) is 1. The SMILES string of the molecule is COc1ccc(-c2nc3sc4c(c3c(=O)[nH]2)CCCC4)c(C)c1. The number of H-pyrrole nitrogens is 1. The number of rotatable bonds is 2. The lowest BCUT2D eigenvalue weighted by atomic mass is 9.97. The van der Waals surface area contributed by atoms with E-state index in [-0.39, 0.29) is 5.56 Å². The molecule has 0 atom stereocenters. The molecule has 1 aliphatic carbocycles. The number of fused-ring (bicyclic) bond motifs is 3. The number of hydrogen-bond acceptors (Lipinski definition) is 4. The third-order valence-electron chi connectivity index (χ3n) is 4.51. The topological polar surface area (TPSA) is 55.0 Å². The molecule has 1 N–H and O–H groups in total. The Labute approximate surface area is 138 Å². The highest BCUT2D eigenvalue weighted by molar-refractivity contribution is 7.18. The predicted molar refractivity (Wildman–Crippen MR) is 93.6 cm³/mol. The van der Waals surface area contributed by atoms with Crippen molar-refractivity contribution in [3.05, 3.63) is 44.6 Å². The number of thiophene rings is 1. The van der Waals surface area contributed by atoms with E-state index in [0.29, 0.717) is 5.82 Å². The van der Waals surface area contributed by atoms with Crippen molar-refractivity contribution in [1.82, 2.24) is 9.97 Å². The molecule has 1 aromatic carbocycles. The molecule has 4 nitrogen and oxygen atoms in total. The van der Waals surface area contributed by atoms with Crippen molar-refractivity contribution in [1.29, 1.82) is 0 Å². The summed E-state index contributed by atoms with van der Waals surface area (Å²) in [6.45, 7) is 2.00. The third-order valence-corrected chi connectivity index (χ3v) is 5.70. The number of aromatic nitrogens is 2. The van der Waals surface area contributed by atoms with Crippen LogP contribution in [0.25, 0.3) is 21.6 Å². The van der Waals surface area contributed by atoms with Crippen LogP contribution < -0.4 is 10.3 Å². The van der Waals surface area contributed by atoms with E-state index in [1.54, 1.807) is 18.4 Å². The summed E-state index contributed by atoms with van der Waals surface area (Å²) in [6, 6.07) is 5.80. The number of methoxy groups -OCH3 is 1. The van der Waals surface area contributed by atoms with E-state index in [4.69, 9.17) is 9.72 Å². The maximum Gasteiger partial charge on any atom is 0.260 e. The summed E-state index contributed by atoms with van der Waals surface area (Å²) >= 11 is 1.68. The maximum absolute atomic E-state index is 12.6. The molecule has 0 saturated heterocycles. The lowest BCUT2D eigenvalue weighted by Crippen LogP contribution is -2.11. The molecule has 4 rings (SSSR count). The summed E-state index contributed by atoms with van der Waals surface area (Å²) in [5.74, 6) is 1.45. The predicted octanol–water partition coefficient (Wildman–Crippen LogP) is 3.85. The normalized spacial score (nSPS) is 14.0. The molecule has 0 radical (unpaired) electrons. The minimum absolute atomic E-state index is 0.0142. The monoisotopic (exact) mass is 326 g/mol. The van der Waals surface area contributed by atoms with Crippen LogP contribution in [0.3, 0.4) is 0 Å². The Morgan fingerprint density at radius 1 is 1.26 bits per heavy atom. The van der Waals surface area contributed by atoms with Gasteiger partial charge in [-0.3, -0.25) is 4.79 Å². The largest absolute Gasteiger partial charge is 0.497 e. The first-order valence-corrected chi connectivity index (χ1v) is 8.68. The number of aryl methyl sites for hydroxylation is 3. The second kappa shape index (κ2) is 5.49. The molecule has 0 spiro atoms. The van der Waals surface area contributed by atoms with E-state index >= 15 is 0 Å². The quantitative estimate of drug-likeness (QED) is 0.778. The molecular weight excluding hydrogens is 308 g/mol. The van der Waals surface area contributed by atoms with Crippen LogP contribution in [0.5, 0.6) is 5.75 Å². The first kappa shape index (κ1) is 14.5. The fourth-order valence-corrected chi connectivity index (χ4v) is 4.58. The lowest BCUT2D eigenvalue weighted by Gasteiger charge is -2.10. The van der Waals surface area contributed by atoms with E-state index in [1.807, 2.05) is 25.1 Å². The van der Waals surface area contributed by atoms with Gasteiger partial charge < -0.3 is 9.72 Å². The summed E-state index contributed by atoms with van der Waals surface area (Å²) in [4.78, 5) is 22.6. The Morgan fingerprint density at radius 2 is 2.09 bits per heavy atom. The molecular formula is C18H18N2O2S. The highest BCUT2D eigenvalue weighted by Gasteiger charge is 2.20. The standard InChI is InChI=1S/C18H18N2O2S/c1-10-9-11(22-2)7-8-12(10)16-19-17(21)15-13-5-3-4-6-14(13)23-18(15)20-16/h7-9H,3-6H2,1-2H3,(H,19,20,21). The Kier molecular flexibility index (Phi) is 3.45. The number of aromatic amines is 1. The van der Waals surface area contributed by atoms with Crippen LogP contribution in [0, 0.1) is 6.92 Å². The van der Waals surface area contributed by atoms with Gasteiger partial charge in [0.2, 0.25) is 0 Å². The zero-order valence-corrected chi connectivity index (χ0v) is 14.0. The van der Waals surface area contributed by atoms with Crippen LogP contribution in [0.1, 0.15) is 28.8 Å². The number of hydrogen-bond donors (Lipinski definition) is 1. The number of nitrogens with zero attached hydrogens (tertiary/aromatic N) is 1. The molecule has 0 aliphatic heterocycles. The molecule has 0 bridgehead atoms. The van der Waals surface area contributed by atoms with Gasteiger partial charge in [-0.05, 0) is 61.9 Å². The molecule has 118 valence electrons. The van der Waals surface area contributed by atoms with Gasteiger partial charge in [-0.25, -0.2) is 4.98 Å². The average Bonchev–Trinajstić information content (AvgIpc) is 2.93. The van der Waals surface area contributed by atoms with Crippen molar-refractivity contribution in [2.45, 2.75) is 32.6 Å². The first-order valence-electron chi connectivity index (χ1n) is 7.87. The van der Waals surface area contributed by atoms with Crippen molar-refractivity contribution in [3.63, 3.8) is 0 Å². The van der Waals surface area contributed by atoms with E-state index < -0.39 is 0 Å². The van der Waals surface area contributed by atoms with Crippen LogP contribution in [0.4, 0.5) is 0 Å². The fourth-order valence-electron chi connectivity index (χ4n) is 3.32. The molecule has 0 fully saturated rings. The maximum atomic E-state index is 12.6. The van der Waals surface area contributed by atoms with Crippen molar-refractivity contribution in [2.24, 2.45) is 0 Å². The fraction of sp³-hybridized carbons (Fsp3) is 0.333. The summed E-state index contributed by atoms with van der Waals surface area (Å²) in [7, 11) is 1.65. The molecule has 2 heterocycles. The van der Waals surface area contributed by atoms with Crippen molar-refractivity contribution >= 4 is 21.6 Å². The molecule has 3 aromatic rings. The van der Waals surface area contributed by atoms with Crippen LogP contribution in [-0.2, 0) is 12.8 Å². The molecule has 5 heteroatoms.